The number of hydrogen-bond acceptors (Lipinski definition) is 3. The maximum atomic E-state index is 12.3. The Hall–Kier alpha value is -2.81. The largest absolute Gasteiger partial charge is 0.508 e. The Bertz CT molecular complexity index is 822. The molecule has 3 heteroatoms. The summed E-state index contributed by atoms with van der Waals surface area (Å²) in [5.74, 6) is 0.367. The third-order valence-electron chi connectivity index (χ3n) is 3.42. The summed E-state index contributed by atoms with van der Waals surface area (Å²) in [6.45, 7) is 0. The van der Waals surface area contributed by atoms with E-state index >= 15 is 0 Å². The van der Waals surface area contributed by atoms with E-state index in [4.69, 9.17) is 0 Å². The van der Waals surface area contributed by atoms with E-state index in [0.717, 1.165) is 16.3 Å². The monoisotopic (exact) mass is 294 g/mol. The number of ketones is 1. The normalized spacial score (nSPS) is 10.2. The predicted octanol–water partition coefficient (Wildman–Crippen LogP) is 4.31. The van der Waals surface area contributed by atoms with Crippen LogP contribution in [-0.2, 0) is 6.42 Å². The Balaban J connectivity index is 0.00000176. The lowest BCUT2D eigenvalue weighted by Gasteiger charge is -2.05. The predicted molar refractivity (Wildman–Crippen MR) is 88.5 cm³/mol. The lowest BCUT2D eigenvalue weighted by atomic mass is 10.00. The summed E-state index contributed by atoms with van der Waals surface area (Å²) in [6, 6.07) is 17.2. The average molecular weight is 294 g/mol. The van der Waals surface area contributed by atoms with Gasteiger partial charge in [0.15, 0.2) is 5.78 Å². The molecule has 112 valence electrons. The molecule has 2 N–H and O–H groups in total. The molecule has 22 heavy (non-hydrogen) atoms. The zero-order valence-electron chi connectivity index (χ0n) is 11.3. The van der Waals surface area contributed by atoms with Crippen LogP contribution in [0.3, 0.4) is 0 Å². The highest BCUT2D eigenvalue weighted by Crippen LogP contribution is 2.22. The summed E-state index contributed by atoms with van der Waals surface area (Å²) < 4.78 is 0. The molecule has 0 saturated carbocycles. The molecular weight excluding hydrogens is 276 g/mol. The van der Waals surface area contributed by atoms with Gasteiger partial charge in [-0.05, 0) is 46.7 Å². The molecular formula is C19H18O3. The number of rotatable bonds is 3. The summed E-state index contributed by atoms with van der Waals surface area (Å²) in [5, 5.41) is 20.7. The van der Waals surface area contributed by atoms with Gasteiger partial charge in [-0.1, -0.05) is 37.8 Å². The molecule has 0 aromatic heterocycles. The Morgan fingerprint density at radius 3 is 2.27 bits per heavy atom. The van der Waals surface area contributed by atoms with Crippen molar-refractivity contribution in [3.8, 4) is 11.5 Å². The highest BCUT2D eigenvalue weighted by Gasteiger charge is 2.08. The maximum Gasteiger partial charge on any atom is 0.167 e. The van der Waals surface area contributed by atoms with Gasteiger partial charge in [-0.15, -0.1) is 0 Å². The molecule has 0 amide bonds. The summed E-state index contributed by atoms with van der Waals surface area (Å²) in [5.41, 5.74) is 1.40. The van der Waals surface area contributed by atoms with Gasteiger partial charge in [-0.2, -0.15) is 0 Å². The molecule has 3 aromatic carbocycles. The first-order valence-electron chi connectivity index (χ1n) is 6.66. The number of hydrogen-bond donors (Lipinski definition) is 2. The van der Waals surface area contributed by atoms with Crippen molar-refractivity contribution in [1.29, 1.82) is 0 Å². The quantitative estimate of drug-likeness (QED) is 0.708. The molecule has 0 saturated heterocycles. The smallest absolute Gasteiger partial charge is 0.167 e. The van der Waals surface area contributed by atoms with Gasteiger partial charge in [0, 0.05) is 12.0 Å². The fourth-order valence-electron chi connectivity index (χ4n) is 2.36. The lowest BCUT2D eigenvalue weighted by molar-refractivity contribution is 0.0993. The molecule has 0 aliphatic carbocycles. The van der Waals surface area contributed by atoms with Gasteiger partial charge in [-0.3, -0.25) is 4.79 Å². The topological polar surface area (TPSA) is 57.5 Å². The molecule has 0 atom stereocenters. The van der Waals surface area contributed by atoms with Gasteiger partial charge in [0.05, 0.1) is 0 Å². The van der Waals surface area contributed by atoms with Crippen LogP contribution < -0.4 is 0 Å². The Kier molecular flexibility index (Phi) is 4.47. The molecule has 0 unspecified atom stereocenters. The second-order valence-corrected chi connectivity index (χ2v) is 5.02. The first-order valence-corrected chi connectivity index (χ1v) is 6.66. The minimum atomic E-state index is -0.00410. The minimum absolute atomic E-state index is 0. The van der Waals surface area contributed by atoms with E-state index in [0.29, 0.717) is 5.56 Å². The van der Waals surface area contributed by atoms with Crippen LogP contribution >= 0.6 is 0 Å². The van der Waals surface area contributed by atoms with Gasteiger partial charge in [0.1, 0.15) is 11.5 Å². The molecule has 0 heterocycles. The lowest BCUT2D eigenvalue weighted by Crippen LogP contribution is -2.03. The fraction of sp³-hybridized carbons (Fsp3) is 0.105. The number of fused-ring (bicyclic) bond motifs is 1. The van der Waals surface area contributed by atoms with E-state index in [1.807, 2.05) is 18.2 Å². The molecule has 0 bridgehead atoms. The molecule has 0 aliphatic rings. The number of carbonyl (C=O) groups excluding carboxylic acids is 1. The zero-order chi connectivity index (χ0) is 14.8. The number of benzene rings is 3. The van der Waals surface area contributed by atoms with Crippen molar-refractivity contribution in [2.45, 2.75) is 13.8 Å². The third-order valence-corrected chi connectivity index (χ3v) is 3.42. The zero-order valence-corrected chi connectivity index (χ0v) is 11.3. The molecule has 0 spiro atoms. The minimum Gasteiger partial charge on any atom is -0.508 e. The van der Waals surface area contributed by atoms with Gasteiger partial charge in [0.25, 0.3) is 0 Å². The molecule has 0 radical (unpaired) electrons. The standard InChI is InChI=1S/C18H14O3.CH4/c19-16-3-1-2-12(8-16)9-18(21)15-5-4-14-11-17(20)7-6-13(14)10-15;/h1-8,10-11,19-20H,9H2;1H4. The molecule has 3 rings (SSSR count). The second kappa shape index (κ2) is 6.31. The molecule has 3 aromatic rings. The van der Waals surface area contributed by atoms with Gasteiger partial charge in [0.2, 0.25) is 0 Å². The van der Waals surface area contributed by atoms with Crippen molar-refractivity contribution in [3.63, 3.8) is 0 Å². The van der Waals surface area contributed by atoms with Crippen LogP contribution in [0.25, 0.3) is 10.8 Å². The number of aromatic hydroxyl groups is 2. The van der Waals surface area contributed by atoms with E-state index in [-0.39, 0.29) is 31.1 Å². The van der Waals surface area contributed by atoms with Crippen molar-refractivity contribution in [2.75, 3.05) is 0 Å². The summed E-state index contributed by atoms with van der Waals surface area (Å²) in [7, 11) is 0. The molecule has 3 nitrogen and oxygen atoms in total. The maximum absolute atomic E-state index is 12.3. The van der Waals surface area contributed by atoms with Crippen LogP contribution in [0.1, 0.15) is 23.3 Å². The van der Waals surface area contributed by atoms with Crippen LogP contribution in [0.5, 0.6) is 11.5 Å². The van der Waals surface area contributed by atoms with E-state index in [1.54, 1.807) is 42.5 Å². The van der Waals surface area contributed by atoms with Crippen LogP contribution in [0.15, 0.2) is 60.7 Å². The highest BCUT2D eigenvalue weighted by molar-refractivity contribution is 6.01. The van der Waals surface area contributed by atoms with Crippen LogP contribution in [0.4, 0.5) is 0 Å². The van der Waals surface area contributed by atoms with Gasteiger partial charge < -0.3 is 10.2 Å². The van der Waals surface area contributed by atoms with E-state index < -0.39 is 0 Å². The average Bonchev–Trinajstić information content (AvgIpc) is 2.46. The Labute approximate surface area is 129 Å². The van der Waals surface area contributed by atoms with Gasteiger partial charge in [-0.25, -0.2) is 0 Å². The van der Waals surface area contributed by atoms with Crippen LogP contribution in [0.2, 0.25) is 0 Å². The molecule has 0 aliphatic heterocycles. The Morgan fingerprint density at radius 2 is 1.50 bits per heavy atom. The van der Waals surface area contributed by atoms with Crippen LogP contribution in [-0.4, -0.2) is 16.0 Å². The summed E-state index contributed by atoms with van der Waals surface area (Å²) in [6.07, 6.45) is 0.248. The van der Waals surface area contributed by atoms with Crippen molar-refractivity contribution >= 4 is 16.6 Å². The van der Waals surface area contributed by atoms with Gasteiger partial charge >= 0.3 is 0 Å². The first-order chi connectivity index (χ1) is 10.1. The molecule has 0 fully saturated rings. The Morgan fingerprint density at radius 1 is 0.818 bits per heavy atom. The van der Waals surface area contributed by atoms with Crippen molar-refractivity contribution in [2.24, 2.45) is 0 Å². The van der Waals surface area contributed by atoms with Crippen LogP contribution in [0, 0.1) is 0 Å². The number of carbonyl (C=O) groups is 1. The third kappa shape index (κ3) is 3.26. The number of Topliss-reactive ketones (excluding diaryl/α,β-unsaturated/α-hetero) is 1. The second-order valence-electron chi connectivity index (χ2n) is 5.02. The SMILES string of the molecule is C.O=C(Cc1cccc(O)c1)c1ccc2cc(O)ccc2c1. The van der Waals surface area contributed by atoms with E-state index in [9.17, 15) is 15.0 Å². The summed E-state index contributed by atoms with van der Waals surface area (Å²) in [4.78, 5) is 12.3. The number of phenols is 2. The summed E-state index contributed by atoms with van der Waals surface area (Å²) >= 11 is 0. The first kappa shape index (κ1) is 15.6. The van der Waals surface area contributed by atoms with Crippen molar-refractivity contribution in [3.05, 3.63) is 71.8 Å². The van der Waals surface area contributed by atoms with Crippen molar-refractivity contribution < 1.29 is 15.0 Å². The number of phenolic OH excluding ortho intramolecular Hbond substituents is 2. The fourth-order valence-corrected chi connectivity index (χ4v) is 2.36. The van der Waals surface area contributed by atoms with E-state index in [2.05, 4.69) is 0 Å². The van der Waals surface area contributed by atoms with E-state index in [1.165, 1.54) is 0 Å². The highest BCUT2D eigenvalue weighted by atomic mass is 16.3. The van der Waals surface area contributed by atoms with Crippen molar-refractivity contribution in [1.82, 2.24) is 0 Å².